The number of furan rings is 2. The summed E-state index contributed by atoms with van der Waals surface area (Å²) in [5.41, 5.74) is 10.1. The van der Waals surface area contributed by atoms with Gasteiger partial charge in [-0.3, -0.25) is 0 Å². The Bertz CT molecular complexity index is 3510. The Morgan fingerprint density at radius 2 is 0.965 bits per heavy atom. The molecule has 0 N–H and O–H groups in total. The molecule has 7 heteroatoms. The molecule has 0 fully saturated rings. The highest BCUT2D eigenvalue weighted by atomic mass is 16.4. The van der Waals surface area contributed by atoms with Crippen LogP contribution in [0.3, 0.4) is 0 Å². The number of hydrogen-bond donors (Lipinski definition) is 0. The summed E-state index contributed by atoms with van der Waals surface area (Å²) < 4.78 is 19.5. The second-order valence-corrected chi connectivity index (χ2v) is 14.1. The molecule has 0 saturated heterocycles. The standard InChI is InChI=1S/C50H28N4O3/c1-3-12-30(13-4-1)47-52-48(31-24-22-29(23-25-31)34-19-11-21-40-42(34)36-18-9-10-20-39(36)55-40)54-49(53-47)37-28-33-16-7-8-17-35(33)43-44-41(56-45(37)43)27-26-38-46(44)57-50(51-38)32-14-5-2-6-15-32/h1-28H. The summed E-state index contributed by atoms with van der Waals surface area (Å²) >= 11 is 0. The summed E-state index contributed by atoms with van der Waals surface area (Å²) in [6.07, 6.45) is 0. The normalized spacial score (nSPS) is 11.9. The monoisotopic (exact) mass is 732 g/mol. The van der Waals surface area contributed by atoms with E-state index in [0.717, 1.165) is 82.4 Å². The highest BCUT2D eigenvalue weighted by molar-refractivity contribution is 6.27. The lowest BCUT2D eigenvalue weighted by atomic mass is 9.98. The lowest BCUT2D eigenvalue weighted by Gasteiger charge is -2.11. The van der Waals surface area contributed by atoms with Crippen LogP contribution in [0.25, 0.3) is 122 Å². The van der Waals surface area contributed by atoms with E-state index in [4.69, 9.17) is 33.2 Å². The minimum absolute atomic E-state index is 0.506. The van der Waals surface area contributed by atoms with E-state index < -0.39 is 0 Å². The molecule has 0 atom stereocenters. The van der Waals surface area contributed by atoms with E-state index >= 15 is 0 Å². The Balaban J connectivity index is 1.06. The van der Waals surface area contributed by atoms with Gasteiger partial charge in [-0.2, -0.15) is 0 Å². The van der Waals surface area contributed by atoms with E-state index in [1.165, 1.54) is 0 Å². The van der Waals surface area contributed by atoms with Crippen LogP contribution in [-0.4, -0.2) is 19.9 Å². The molecule has 0 spiro atoms. The van der Waals surface area contributed by atoms with Crippen molar-refractivity contribution in [1.82, 2.24) is 19.9 Å². The van der Waals surface area contributed by atoms with Crippen LogP contribution in [0.4, 0.5) is 0 Å². The molecule has 0 aliphatic carbocycles. The number of oxazole rings is 1. The SMILES string of the molecule is c1ccc(-c2nc(-c3ccc(-c4cccc5oc6ccccc6c45)cc3)nc(-c3cc4ccccc4c4c3oc3ccc5nc(-c6ccccc6)oc5c34)n2)cc1. The fraction of sp³-hybridized carbons (Fsp3) is 0. The first-order valence-electron chi connectivity index (χ1n) is 18.8. The number of fused-ring (bicyclic) bond motifs is 10. The summed E-state index contributed by atoms with van der Waals surface area (Å²) in [5, 5.41) is 6.04. The lowest BCUT2D eigenvalue weighted by Crippen LogP contribution is -2.00. The van der Waals surface area contributed by atoms with Crippen LogP contribution in [0.5, 0.6) is 0 Å². The maximum atomic E-state index is 6.79. The van der Waals surface area contributed by atoms with Crippen molar-refractivity contribution in [3.05, 3.63) is 170 Å². The Kier molecular flexibility index (Phi) is 6.79. The lowest BCUT2D eigenvalue weighted by molar-refractivity contribution is 0.622. The van der Waals surface area contributed by atoms with Gasteiger partial charge < -0.3 is 13.3 Å². The van der Waals surface area contributed by atoms with Crippen LogP contribution in [0.1, 0.15) is 0 Å². The van der Waals surface area contributed by atoms with Crippen molar-refractivity contribution >= 4 is 65.7 Å². The van der Waals surface area contributed by atoms with Crippen molar-refractivity contribution in [3.63, 3.8) is 0 Å². The topological polar surface area (TPSA) is 91.0 Å². The predicted octanol–water partition coefficient (Wildman–Crippen LogP) is 13.3. The van der Waals surface area contributed by atoms with Gasteiger partial charge in [0.15, 0.2) is 23.1 Å². The first kappa shape index (κ1) is 31.5. The molecule has 0 aliphatic rings. The van der Waals surface area contributed by atoms with Gasteiger partial charge in [-0.25, -0.2) is 19.9 Å². The zero-order valence-corrected chi connectivity index (χ0v) is 30.2. The summed E-state index contributed by atoms with van der Waals surface area (Å²) in [7, 11) is 0. The average Bonchev–Trinajstić information content (AvgIpc) is 4.00. The summed E-state index contributed by atoms with van der Waals surface area (Å²) in [4.78, 5) is 20.2. The number of aromatic nitrogens is 4. The molecule has 4 aromatic heterocycles. The van der Waals surface area contributed by atoms with Gasteiger partial charge in [-0.1, -0.05) is 127 Å². The molecule has 0 amide bonds. The third-order valence-corrected chi connectivity index (χ3v) is 10.8. The van der Waals surface area contributed by atoms with Gasteiger partial charge in [-0.05, 0) is 64.4 Å². The quantitative estimate of drug-likeness (QED) is 0.174. The molecule has 0 radical (unpaired) electrons. The maximum absolute atomic E-state index is 6.79. The van der Waals surface area contributed by atoms with Gasteiger partial charge in [0.05, 0.1) is 10.9 Å². The minimum atomic E-state index is 0.506. The Labute approximate surface area is 324 Å². The fourth-order valence-corrected chi connectivity index (χ4v) is 8.11. The zero-order chi connectivity index (χ0) is 37.5. The summed E-state index contributed by atoms with van der Waals surface area (Å²) in [6, 6.07) is 57.1. The first-order chi connectivity index (χ1) is 28.2. The smallest absolute Gasteiger partial charge is 0.227 e. The Morgan fingerprint density at radius 1 is 0.333 bits per heavy atom. The second kappa shape index (κ2) is 12.3. The molecule has 12 aromatic rings. The van der Waals surface area contributed by atoms with Gasteiger partial charge in [0.2, 0.25) is 5.89 Å². The molecule has 8 aromatic carbocycles. The molecule has 4 heterocycles. The molecule has 0 aliphatic heterocycles. The van der Waals surface area contributed by atoms with Crippen LogP contribution < -0.4 is 0 Å². The third-order valence-electron chi connectivity index (χ3n) is 10.8. The number of rotatable bonds is 5. The summed E-state index contributed by atoms with van der Waals surface area (Å²) in [5.74, 6) is 2.19. The third kappa shape index (κ3) is 4.99. The highest BCUT2D eigenvalue weighted by Crippen LogP contribution is 2.44. The van der Waals surface area contributed by atoms with Crippen LogP contribution in [-0.2, 0) is 0 Å². The van der Waals surface area contributed by atoms with Crippen molar-refractivity contribution in [2.45, 2.75) is 0 Å². The van der Waals surface area contributed by atoms with Crippen molar-refractivity contribution in [3.8, 4) is 56.7 Å². The first-order valence-corrected chi connectivity index (χ1v) is 18.8. The van der Waals surface area contributed by atoms with Crippen molar-refractivity contribution < 1.29 is 13.3 Å². The minimum Gasteiger partial charge on any atom is -0.456 e. The summed E-state index contributed by atoms with van der Waals surface area (Å²) in [6.45, 7) is 0. The second-order valence-electron chi connectivity index (χ2n) is 14.1. The largest absolute Gasteiger partial charge is 0.456 e. The molecule has 0 unspecified atom stereocenters. The molecular weight excluding hydrogens is 705 g/mol. The molecule has 0 saturated carbocycles. The van der Waals surface area contributed by atoms with E-state index in [-0.39, 0.29) is 0 Å². The van der Waals surface area contributed by atoms with Gasteiger partial charge in [0, 0.05) is 32.8 Å². The number of para-hydroxylation sites is 1. The van der Waals surface area contributed by atoms with Crippen LogP contribution in [0.15, 0.2) is 183 Å². The van der Waals surface area contributed by atoms with Gasteiger partial charge in [0.25, 0.3) is 0 Å². The average molecular weight is 733 g/mol. The number of hydrogen-bond acceptors (Lipinski definition) is 7. The Morgan fingerprint density at radius 3 is 1.77 bits per heavy atom. The number of benzene rings is 8. The van der Waals surface area contributed by atoms with Crippen LogP contribution >= 0.6 is 0 Å². The van der Waals surface area contributed by atoms with E-state index in [2.05, 4.69) is 54.6 Å². The Hall–Kier alpha value is -7.90. The van der Waals surface area contributed by atoms with E-state index in [0.29, 0.717) is 40.1 Å². The van der Waals surface area contributed by atoms with Gasteiger partial charge in [-0.15, -0.1) is 0 Å². The number of nitrogens with zero attached hydrogens (tertiary/aromatic N) is 4. The molecular formula is C50H28N4O3. The van der Waals surface area contributed by atoms with E-state index in [1.54, 1.807) is 0 Å². The van der Waals surface area contributed by atoms with E-state index in [1.807, 2.05) is 115 Å². The molecule has 266 valence electrons. The van der Waals surface area contributed by atoms with Crippen LogP contribution in [0, 0.1) is 0 Å². The maximum Gasteiger partial charge on any atom is 0.227 e. The molecule has 12 rings (SSSR count). The van der Waals surface area contributed by atoms with E-state index in [9.17, 15) is 0 Å². The zero-order valence-electron chi connectivity index (χ0n) is 30.2. The van der Waals surface area contributed by atoms with Gasteiger partial charge >= 0.3 is 0 Å². The van der Waals surface area contributed by atoms with Crippen molar-refractivity contribution in [2.75, 3.05) is 0 Å². The fourth-order valence-electron chi connectivity index (χ4n) is 8.11. The predicted molar refractivity (Wildman–Crippen MR) is 227 cm³/mol. The van der Waals surface area contributed by atoms with Crippen molar-refractivity contribution in [1.29, 1.82) is 0 Å². The molecule has 7 nitrogen and oxygen atoms in total. The highest BCUT2D eigenvalue weighted by Gasteiger charge is 2.24. The van der Waals surface area contributed by atoms with Gasteiger partial charge in [0.1, 0.15) is 27.8 Å². The molecule has 0 bridgehead atoms. The van der Waals surface area contributed by atoms with Crippen molar-refractivity contribution in [2.24, 2.45) is 0 Å². The molecule has 57 heavy (non-hydrogen) atoms. The van der Waals surface area contributed by atoms with Crippen LogP contribution in [0.2, 0.25) is 0 Å².